The molecule has 0 aliphatic carbocycles. The van der Waals surface area contributed by atoms with E-state index < -0.39 is 5.82 Å². The summed E-state index contributed by atoms with van der Waals surface area (Å²) >= 11 is 0. The summed E-state index contributed by atoms with van der Waals surface area (Å²) in [4.78, 5) is 14.3. The van der Waals surface area contributed by atoms with Crippen molar-refractivity contribution in [2.45, 2.75) is 0 Å². The van der Waals surface area contributed by atoms with Crippen molar-refractivity contribution in [3.63, 3.8) is 0 Å². The van der Waals surface area contributed by atoms with Gasteiger partial charge in [0.25, 0.3) is 0 Å². The van der Waals surface area contributed by atoms with E-state index in [0.29, 0.717) is 11.3 Å². The second-order valence-electron chi connectivity index (χ2n) is 5.86. The normalized spacial score (nSPS) is 14.5. The minimum atomic E-state index is -0.464. The summed E-state index contributed by atoms with van der Waals surface area (Å²) < 4.78 is 23.9. The van der Waals surface area contributed by atoms with E-state index in [2.05, 4.69) is 10.2 Å². The molecule has 0 bridgehead atoms. The molecule has 1 amide bonds. The number of hydrogen-bond donors (Lipinski definition) is 1. The number of nitrogens with zero attached hydrogens (tertiary/aromatic N) is 1. The number of carbonyl (C=O) groups is 1. The quantitative estimate of drug-likeness (QED) is 0.835. The van der Waals surface area contributed by atoms with Gasteiger partial charge in [-0.3, -0.25) is 4.79 Å². The van der Waals surface area contributed by atoms with Crippen LogP contribution in [0.15, 0.2) is 48.5 Å². The Kier molecular flexibility index (Phi) is 5.86. The first-order valence-electron chi connectivity index (χ1n) is 8.41. The van der Waals surface area contributed by atoms with Crippen LogP contribution in [0.1, 0.15) is 5.56 Å². The standard InChI is InChI=1S/C20H21FN2O3/c1-25-19-8-2-15(14-18(19)21)3-9-20(24)22-16-4-6-17(7-5-16)23-10-12-26-13-11-23/h2-9,14H,10-13H2,1H3,(H,22,24)/b9-3+. The van der Waals surface area contributed by atoms with Crippen molar-refractivity contribution in [2.24, 2.45) is 0 Å². The molecule has 1 fully saturated rings. The third-order valence-electron chi connectivity index (χ3n) is 4.11. The Balaban J connectivity index is 1.58. The van der Waals surface area contributed by atoms with Gasteiger partial charge in [0.2, 0.25) is 5.91 Å². The molecule has 0 spiro atoms. The van der Waals surface area contributed by atoms with Crippen molar-refractivity contribution < 1.29 is 18.7 Å². The van der Waals surface area contributed by atoms with Crippen LogP contribution in [0.5, 0.6) is 5.75 Å². The monoisotopic (exact) mass is 356 g/mol. The lowest BCUT2D eigenvalue weighted by Gasteiger charge is -2.28. The number of anilines is 2. The number of carbonyl (C=O) groups excluding carboxylic acids is 1. The first-order valence-corrected chi connectivity index (χ1v) is 8.41. The summed E-state index contributed by atoms with van der Waals surface area (Å²) in [5.74, 6) is -0.568. The van der Waals surface area contributed by atoms with E-state index in [1.165, 1.54) is 25.3 Å². The summed E-state index contributed by atoms with van der Waals surface area (Å²) in [7, 11) is 1.41. The van der Waals surface area contributed by atoms with Crippen LogP contribution < -0.4 is 15.0 Å². The maximum atomic E-state index is 13.6. The Bertz CT molecular complexity index is 784. The van der Waals surface area contributed by atoms with Gasteiger partial charge >= 0.3 is 0 Å². The zero-order valence-corrected chi connectivity index (χ0v) is 14.6. The summed E-state index contributed by atoms with van der Waals surface area (Å²) in [5.41, 5.74) is 2.40. The third kappa shape index (κ3) is 4.61. The van der Waals surface area contributed by atoms with Gasteiger partial charge in [0.15, 0.2) is 11.6 Å². The van der Waals surface area contributed by atoms with Crippen LogP contribution >= 0.6 is 0 Å². The van der Waals surface area contributed by atoms with E-state index in [4.69, 9.17) is 9.47 Å². The van der Waals surface area contributed by atoms with Crippen LogP contribution in [0, 0.1) is 5.82 Å². The smallest absolute Gasteiger partial charge is 0.248 e. The fourth-order valence-corrected chi connectivity index (χ4v) is 2.72. The molecular formula is C20H21FN2O3. The number of amides is 1. The molecule has 0 aromatic heterocycles. The van der Waals surface area contributed by atoms with Crippen LogP contribution in [0.25, 0.3) is 6.08 Å². The Hall–Kier alpha value is -2.86. The minimum Gasteiger partial charge on any atom is -0.494 e. The fourth-order valence-electron chi connectivity index (χ4n) is 2.72. The Labute approximate surface area is 152 Å². The maximum absolute atomic E-state index is 13.6. The highest BCUT2D eigenvalue weighted by Crippen LogP contribution is 2.20. The fraction of sp³-hybridized carbons (Fsp3) is 0.250. The molecule has 3 rings (SSSR count). The average Bonchev–Trinajstić information content (AvgIpc) is 2.68. The SMILES string of the molecule is COc1ccc(/C=C/C(=O)Nc2ccc(N3CCOCC3)cc2)cc1F. The van der Waals surface area contributed by atoms with E-state index in [0.717, 1.165) is 32.0 Å². The predicted molar refractivity (Wildman–Crippen MR) is 100 cm³/mol. The first-order chi connectivity index (χ1) is 12.7. The Morgan fingerprint density at radius 3 is 2.58 bits per heavy atom. The average molecular weight is 356 g/mol. The minimum absolute atomic E-state index is 0.173. The van der Waals surface area contributed by atoms with Crippen molar-refractivity contribution in [2.75, 3.05) is 43.6 Å². The molecule has 5 nitrogen and oxygen atoms in total. The number of nitrogens with one attached hydrogen (secondary N) is 1. The van der Waals surface area contributed by atoms with Crippen molar-refractivity contribution in [1.82, 2.24) is 0 Å². The highest BCUT2D eigenvalue weighted by molar-refractivity contribution is 6.02. The first kappa shape index (κ1) is 17.9. The number of morpholine rings is 1. The van der Waals surface area contributed by atoms with Gasteiger partial charge in [-0.2, -0.15) is 0 Å². The highest BCUT2D eigenvalue weighted by Gasteiger charge is 2.11. The number of rotatable bonds is 5. The second kappa shape index (κ2) is 8.49. The van der Waals surface area contributed by atoms with Crippen molar-refractivity contribution in [3.8, 4) is 5.75 Å². The van der Waals surface area contributed by atoms with Gasteiger partial charge in [-0.25, -0.2) is 4.39 Å². The van der Waals surface area contributed by atoms with E-state index in [-0.39, 0.29) is 11.7 Å². The molecule has 0 radical (unpaired) electrons. The van der Waals surface area contributed by atoms with E-state index in [9.17, 15) is 9.18 Å². The predicted octanol–water partition coefficient (Wildman–Crippen LogP) is 3.32. The molecule has 0 atom stereocenters. The van der Waals surface area contributed by atoms with E-state index >= 15 is 0 Å². The van der Waals surface area contributed by atoms with Crippen LogP contribution in [-0.2, 0) is 9.53 Å². The topological polar surface area (TPSA) is 50.8 Å². The van der Waals surface area contributed by atoms with Gasteiger partial charge in [-0.15, -0.1) is 0 Å². The summed E-state index contributed by atoms with van der Waals surface area (Å²) in [6.45, 7) is 3.20. The summed E-state index contributed by atoms with van der Waals surface area (Å²) in [5, 5.41) is 2.79. The molecule has 1 aliphatic rings. The van der Waals surface area contributed by atoms with Crippen LogP contribution in [0.4, 0.5) is 15.8 Å². The van der Waals surface area contributed by atoms with Gasteiger partial charge in [-0.05, 0) is 48.0 Å². The number of hydrogen-bond acceptors (Lipinski definition) is 4. The maximum Gasteiger partial charge on any atom is 0.248 e. The molecule has 0 saturated carbocycles. The van der Waals surface area contributed by atoms with Gasteiger partial charge in [-0.1, -0.05) is 6.07 Å². The van der Waals surface area contributed by atoms with Crippen molar-refractivity contribution in [1.29, 1.82) is 0 Å². The summed E-state index contributed by atoms with van der Waals surface area (Å²) in [6, 6.07) is 12.2. The molecule has 136 valence electrons. The van der Waals surface area contributed by atoms with Gasteiger partial charge < -0.3 is 19.7 Å². The Morgan fingerprint density at radius 1 is 1.19 bits per heavy atom. The van der Waals surface area contributed by atoms with Crippen LogP contribution in [-0.4, -0.2) is 39.3 Å². The molecule has 2 aromatic rings. The largest absolute Gasteiger partial charge is 0.494 e. The molecule has 6 heteroatoms. The molecule has 26 heavy (non-hydrogen) atoms. The zero-order valence-electron chi connectivity index (χ0n) is 14.6. The molecule has 1 saturated heterocycles. The van der Waals surface area contributed by atoms with Crippen LogP contribution in [0.2, 0.25) is 0 Å². The van der Waals surface area contributed by atoms with Gasteiger partial charge in [0.05, 0.1) is 20.3 Å². The highest BCUT2D eigenvalue weighted by atomic mass is 19.1. The van der Waals surface area contributed by atoms with E-state index in [1.807, 2.05) is 24.3 Å². The number of methoxy groups -OCH3 is 1. The lowest BCUT2D eigenvalue weighted by Crippen LogP contribution is -2.36. The third-order valence-corrected chi connectivity index (χ3v) is 4.11. The Morgan fingerprint density at radius 2 is 1.92 bits per heavy atom. The lowest BCUT2D eigenvalue weighted by atomic mass is 10.2. The number of benzene rings is 2. The van der Waals surface area contributed by atoms with Gasteiger partial charge in [0, 0.05) is 30.5 Å². The molecular weight excluding hydrogens is 335 g/mol. The number of ether oxygens (including phenoxy) is 2. The summed E-state index contributed by atoms with van der Waals surface area (Å²) in [6.07, 6.45) is 2.93. The lowest BCUT2D eigenvalue weighted by molar-refractivity contribution is -0.111. The molecule has 1 N–H and O–H groups in total. The molecule has 0 unspecified atom stereocenters. The zero-order chi connectivity index (χ0) is 18.4. The van der Waals surface area contributed by atoms with E-state index in [1.54, 1.807) is 12.1 Å². The molecule has 1 aliphatic heterocycles. The van der Waals surface area contributed by atoms with Crippen molar-refractivity contribution in [3.05, 3.63) is 59.9 Å². The molecule has 1 heterocycles. The van der Waals surface area contributed by atoms with Crippen LogP contribution in [0.3, 0.4) is 0 Å². The van der Waals surface area contributed by atoms with Gasteiger partial charge in [0.1, 0.15) is 0 Å². The second-order valence-corrected chi connectivity index (χ2v) is 5.86. The number of halogens is 1. The molecule has 2 aromatic carbocycles. The van der Waals surface area contributed by atoms with Crippen molar-refractivity contribution >= 4 is 23.4 Å².